The van der Waals surface area contributed by atoms with Crippen LogP contribution in [0, 0.1) is 23.2 Å². The molecular weight excluding hydrogens is 254 g/mol. The summed E-state index contributed by atoms with van der Waals surface area (Å²) < 4.78 is 0. The van der Waals surface area contributed by atoms with Crippen molar-refractivity contribution in [2.45, 2.75) is 97.9 Å². The molecule has 0 spiro atoms. The highest BCUT2D eigenvalue weighted by atomic mass is 14.9. The van der Waals surface area contributed by atoms with Gasteiger partial charge in [0.15, 0.2) is 0 Å². The van der Waals surface area contributed by atoms with Crippen LogP contribution in [0.1, 0.15) is 91.9 Å². The van der Waals surface area contributed by atoms with Gasteiger partial charge in [0.05, 0.1) is 0 Å². The van der Waals surface area contributed by atoms with Gasteiger partial charge in [0.25, 0.3) is 0 Å². The normalized spacial score (nSPS) is 32.9. The lowest BCUT2D eigenvalue weighted by molar-refractivity contribution is 0.0353. The van der Waals surface area contributed by atoms with E-state index in [-0.39, 0.29) is 0 Å². The summed E-state index contributed by atoms with van der Waals surface area (Å²) in [6.07, 6.45) is 14.4. The fourth-order valence-electron chi connectivity index (χ4n) is 5.15. The zero-order valence-electron chi connectivity index (χ0n) is 15.1. The van der Waals surface area contributed by atoms with E-state index in [1.165, 1.54) is 70.8 Å². The van der Waals surface area contributed by atoms with E-state index in [0.29, 0.717) is 5.41 Å². The predicted octanol–water partition coefficient (Wildman–Crippen LogP) is 5.79. The van der Waals surface area contributed by atoms with E-state index in [0.717, 1.165) is 23.8 Å². The van der Waals surface area contributed by atoms with E-state index in [1.54, 1.807) is 0 Å². The third-order valence-corrected chi connectivity index (χ3v) is 6.63. The predicted molar refractivity (Wildman–Crippen MR) is 93.6 cm³/mol. The largest absolute Gasteiger partial charge is 0.314 e. The van der Waals surface area contributed by atoms with Crippen LogP contribution in [-0.4, -0.2) is 12.6 Å². The molecule has 3 unspecified atom stereocenters. The van der Waals surface area contributed by atoms with Gasteiger partial charge in [-0.15, -0.1) is 0 Å². The molecule has 124 valence electrons. The van der Waals surface area contributed by atoms with Crippen molar-refractivity contribution in [2.24, 2.45) is 23.2 Å². The lowest BCUT2D eigenvalue weighted by Crippen LogP contribution is -2.49. The molecule has 2 rings (SSSR count). The molecule has 2 aliphatic rings. The maximum absolute atomic E-state index is 3.91. The first-order chi connectivity index (χ1) is 10.1. The van der Waals surface area contributed by atoms with Gasteiger partial charge in [-0.2, -0.15) is 0 Å². The Bertz CT molecular complexity index is 288. The smallest absolute Gasteiger partial charge is 0.0103 e. The molecule has 0 bridgehead atoms. The minimum absolute atomic E-state index is 0.524. The molecule has 0 aromatic rings. The Kier molecular flexibility index (Phi) is 6.59. The first kappa shape index (κ1) is 17.3. The van der Waals surface area contributed by atoms with E-state index in [4.69, 9.17) is 0 Å². The second-order valence-corrected chi connectivity index (χ2v) is 8.60. The molecule has 1 heteroatoms. The molecule has 3 atom stereocenters. The molecule has 0 amide bonds. The second kappa shape index (κ2) is 7.99. The number of nitrogens with one attached hydrogen (secondary N) is 1. The Morgan fingerprint density at radius 2 is 1.62 bits per heavy atom. The van der Waals surface area contributed by atoms with Gasteiger partial charge in [0.1, 0.15) is 0 Å². The van der Waals surface area contributed by atoms with Crippen molar-refractivity contribution in [1.29, 1.82) is 0 Å². The minimum Gasteiger partial charge on any atom is -0.314 e. The fraction of sp³-hybridized carbons (Fsp3) is 1.00. The summed E-state index contributed by atoms with van der Waals surface area (Å²) in [5.41, 5.74) is 0.524. The molecule has 0 radical (unpaired) electrons. The molecule has 2 saturated carbocycles. The van der Waals surface area contributed by atoms with Crippen LogP contribution in [-0.2, 0) is 0 Å². The standard InChI is InChI=1S/C20H39N/c1-5-14-21-19-15-16(2)12-13-18(19)20(3,4)17-10-8-6-7-9-11-17/h16-19,21H,5-15H2,1-4H3. The average Bonchev–Trinajstić information content (AvgIpc) is 2.74. The van der Waals surface area contributed by atoms with E-state index < -0.39 is 0 Å². The van der Waals surface area contributed by atoms with E-state index in [2.05, 4.69) is 33.0 Å². The lowest BCUT2D eigenvalue weighted by Gasteiger charge is -2.48. The van der Waals surface area contributed by atoms with Gasteiger partial charge in [-0.3, -0.25) is 0 Å². The molecule has 0 aromatic carbocycles. The molecule has 2 fully saturated rings. The molecule has 1 N–H and O–H groups in total. The highest BCUT2D eigenvalue weighted by Crippen LogP contribution is 2.48. The summed E-state index contributed by atoms with van der Waals surface area (Å²) in [5, 5.41) is 3.91. The first-order valence-corrected chi connectivity index (χ1v) is 9.79. The average molecular weight is 294 g/mol. The monoisotopic (exact) mass is 293 g/mol. The Morgan fingerprint density at radius 1 is 0.952 bits per heavy atom. The van der Waals surface area contributed by atoms with Gasteiger partial charge in [-0.1, -0.05) is 59.8 Å². The number of hydrogen-bond acceptors (Lipinski definition) is 1. The van der Waals surface area contributed by atoms with Crippen molar-refractivity contribution in [3.63, 3.8) is 0 Å². The summed E-state index contributed by atoms with van der Waals surface area (Å²) in [6, 6.07) is 0.770. The molecule has 21 heavy (non-hydrogen) atoms. The van der Waals surface area contributed by atoms with Crippen molar-refractivity contribution < 1.29 is 0 Å². The fourth-order valence-corrected chi connectivity index (χ4v) is 5.15. The van der Waals surface area contributed by atoms with Crippen LogP contribution < -0.4 is 5.32 Å². The van der Waals surface area contributed by atoms with Crippen LogP contribution in [0.25, 0.3) is 0 Å². The van der Waals surface area contributed by atoms with Crippen LogP contribution in [0.15, 0.2) is 0 Å². The number of rotatable bonds is 5. The van der Waals surface area contributed by atoms with E-state index in [1.807, 2.05) is 0 Å². The zero-order valence-corrected chi connectivity index (χ0v) is 15.1. The van der Waals surface area contributed by atoms with Gasteiger partial charge >= 0.3 is 0 Å². The first-order valence-electron chi connectivity index (χ1n) is 9.79. The Balaban J connectivity index is 2.06. The summed E-state index contributed by atoms with van der Waals surface area (Å²) in [4.78, 5) is 0. The van der Waals surface area contributed by atoms with Crippen LogP contribution in [0.2, 0.25) is 0 Å². The molecule has 0 aromatic heterocycles. The molecule has 1 nitrogen and oxygen atoms in total. The summed E-state index contributed by atoms with van der Waals surface area (Å²) in [5.74, 6) is 2.77. The van der Waals surface area contributed by atoms with Crippen molar-refractivity contribution in [2.75, 3.05) is 6.54 Å². The van der Waals surface area contributed by atoms with Crippen LogP contribution in [0.4, 0.5) is 0 Å². The SMILES string of the molecule is CCCNC1CC(C)CCC1C(C)(C)C1CCCCCC1. The Morgan fingerprint density at radius 3 is 2.24 bits per heavy atom. The maximum Gasteiger partial charge on any atom is 0.0103 e. The molecule has 0 heterocycles. The highest BCUT2D eigenvalue weighted by molar-refractivity contribution is 4.95. The van der Waals surface area contributed by atoms with Crippen LogP contribution >= 0.6 is 0 Å². The van der Waals surface area contributed by atoms with Gasteiger partial charge in [0.2, 0.25) is 0 Å². The van der Waals surface area contributed by atoms with Gasteiger partial charge in [0, 0.05) is 6.04 Å². The van der Waals surface area contributed by atoms with Gasteiger partial charge in [-0.25, -0.2) is 0 Å². The van der Waals surface area contributed by atoms with E-state index >= 15 is 0 Å². The third kappa shape index (κ3) is 4.47. The Labute approximate surface area is 133 Å². The maximum atomic E-state index is 3.91. The Hall–Kier alpha value is -0.0400. The van der Waals surface area contributed by atoms with Gasteiger partial charge < -0.3 is 5.32 Å². The summed E-state index contributed by atoms with van der Waals surface area (Å²) in [6.45, 7) is 11.2. The summed E-state index contributed by atoms with van der Waals surface area (Å²) >= 11 is 0. The quantitative estimate of drug-likeness (QED) is 0.633. The molecular formula is C20H39N. The van der Waals surface area contributed by atoms with Crippen molar-refractivity contribution in [1.82, 2.24) is 5.32 Å². The van der Waals surface area contributed by atoms with Crippen LogP contribution in [0.5, 0.6) is 0 Å². The van der Waals surface area contributed by atoms with Crippen molar-refractivity contribution in [3.8, 4) is 0 Å². The van der Waals surface area contributed by atoms with Crippen molar-refractivity contribution in [3.05, 3.63) is 0 Å². The molecule has 0 aliphatic heterocycles. The van der Waals surface area contributed by atoms with Gasteiger partial charge in [-0.05, 0) is 61.8 Å². The topological polar surface area (TPSA) is 12.0 Å². The zero-order chi connectivity index (χ0) is 15.3. The highest BCUT2D eigenvalue weighted by Gasteiger charge is 2.42. The summed E-state index contributed by atoms with van der Waals surface area (Å²) in [7, 11) is 0. The third-order valence-electron chi connectivity index (χ3n) is 6.63. The molecule has 2 aliphatic carbocycles. The van der Waals surface area contributed by atoms with E-state index in [9.17, 15) is 0 Å². The minimum atomic E-state index is 0.524. The molecule has 0 saturated heterocycles. The van der Waals surface area contributed by atoms with Crippen LogP contribution in [0.3, 0.4) is 0 Å². The lowest BCUT2D eigenvalue weighted by atomic mass is 9.59. The second-order valence-electron chi connectivity index (χ2n) is 8.60. The van der Waals surface area contributed by atoms with Crippen molar-refractivity contribution >= 4 is 0 Å². The number of hydrogen-bond donors (Lipinski definition) is 1.